The molecule has 6 nitrogen and oxygen atoms in total. The van der Waals surface area contributed by atoms with Gasteiger partial charge >= 0.3 is 5.97 Å². The number of piperidine rings is 1. The van der Waals surface area contributed by atoms with Crippen LogP contribution in [0.15, 0.2) is 28.3 Å². The van der Waals surface area contributed by atoms with Gasteiger partial charge in [-0.25, -0.2) is 9.79 Å². The zero-order chi connectivity index (χ0) is 29.6. The van der Waals surface area contributed by atoms with Crippen LogP contribution in [0.4, 0.5) is 0 Å². The second-order valence-electron chi connectivity index (χ2n) is 16.1. The fourth-order valence-electron chi connectivity index (χ4n) is 8.48. The first-order valence-corrected chi connectivity index (χ1v) is 16.6. The minimum absolute atomic E-state index is 0.0482. The van der Waals surface area contributed by atoms with Crippen LogP contribution >= 0.6 is 0 Å². The van der Waals surface area contributed by atoms with Gasteiger partial charge in [-0.1, -0.05) is 73.0 Å². The summed E-state index contributed by atoms with van der Waals surface area (Å²) in [5.41, 5.74) is 1.57. The summed E-state index contributed by atoms with van der Waals surface area (Å²) in [4.78, 5) is 36.5. The predicted octanol–water partition coefficient (Wildman–Crippen LogP) is 7.60. The lowest BCUT2D eigenvalue weighted by atomic mass is 9.69. The lowest BCUT2D eigenvalue weighted by Gasteiger charge is -2.48. The Labute approximate surface area is 248 Å². The quantitative estimate of drug-likeness (QED) is 0.373. The average Bonchev–Trinajstić information content (AvgIpc) is 3.19. The molecule has 0 radical (unpaired) electrons. The first-order chi connectivity index (χ1) is 19.3. The van der Waals surface area contributed by atoms with Gasteiger partial charge in [0.05, 0.1) is 6.04 Å². The van der Waals surface area contributed by atoms with Crippen LogP contribution in [0.3, 0.4) is 0 Å². The van der Waals surface area contributed by atoms with Gasteiger partial charge in [-0.3, -0.25) is 4.79 Å². The van der Waals surface area contributed by atoms with Crippen molar-refractivity contribution in [2.75, 3.05) is 13.1 Å². The summed E-state index contributed by atoms with van der Waals surface area (Å²) in [5, 5.41) is 9.59. The number of allylic oxidation sites excluding steroid dienone is 2. The van der Waals surface area contributed by atoms with Gasteiger partial charge in [-0.2, -0.15) is 0 Å². The third kappa shape index (κ3) is 6.46. The fourth-order valence-corrected chi connectivity index (χ4v) is 8.48. The third-order valence-corrected chi connectivity index (χ3v) is 11.1. The van der Waals surface area contributed by atoms with Crippen molar-refractivity contribution in [3.8, 4) is 0 Å². The number of amides is 1. The molecule has 3 aliphatic carbocycles. The number of carbonyl (C=O) groups is 2. The molecule has 0 aromatic rings. The summed E-state index contributed by atoms with van der Waals surface area (Å²) in [6, 6.07) is -0.0482. The molecule has 0 bridgehead atoms. The molecule has 3 atom stereocenters. The van der Waals surface area contributed by atoms with E-state index in [0.29, 0.717) is 30.3 Å². The predicted molar refractivity (Wildman–Crippen MR) is 166 cm³/mol. The molecule has 0 aromatic heterocycles. The highest BCUT2D eigenvalue weighted by Gasteiger charge is 2.54. The number of likely N-dealkylation sites (tertiary alicyclic amines) is 1. The van der Waals surface area contributed by atoms with Gasteiger partial charge in [0.15, 0.2) is 5.84 Å². The summed E-state index contributed by atoms with van der Waals surface area (Å²) in [7, 11) is 0. The molecule has 1 saturated heterocycles. The van der Waals surface area contributed by atoms with Crippen molar-refractivity contribution in [3.05, 3.63) is 23.3 Å². The largest absolute Gasteiger partial charge is 0.478 e. The van der Waals surface area contributed by atoms with Gasteiger partial charge in [-0.05, 0) is 98.4 Å². The van der Waals surface area contributed by atoms with Gasteiger partial charge in [0.25, 0.3) is 5.91 Å². The Balaban J connectivity index is 1.50. The fraction of sp³-hybridized carbons (Fsp3) is 0.800. The molecule has 5 aliphatic rings. The van der Waals surface area contributed by atoms with E-state index < -0.39 is 11.6 Å². The van der Waals surface area contributed by atoms with Gasteiger partial charge in [0.1, 0.15) is 5.66 Å². The molecule has 5 rings (SSSR count). The maximum atomic E-state index is 14.7. The van der Waals surface area contributed by atoms with Crippen molar-refractivity contribution < 1.29 is 14.7 Å². The molecule has 228 valence electrons. The maximum absolute atomic E-state index is 14.7. The van der Waals surface area contributed by atoms with Gasteiger partial charge < -0.3 is 14.9 Å². The standard InChI is InChI=1S/C35H55N3O3/c1-33(2,3)19-17-29(25-11-13-26(14-12-25)32(40)41)38-31(39)30(37-22-18-24-9-7-8-10-27(24)23-37)36-35(38)20-15-28(16-21-35)34(4,5)6/h11,13,24,27-29H,7-10,12,14-23H2,1-6H3,(H,40,41)/t24?,27?,28?,29-,35?/m1/s1. The van der Waals surface area contributed by atoms with Crippen molar-refractivity contribution in [2.24, 2.45) is 33.6 Å². The van der Waals surface area contributed by atoms with Gasteiger partial charge in [-0.15, -0.1) is 0 Å². The van der Waals surface area contributed by atoms with E-state index in [-0.39, 0.29) is 22.8 Å². The van der Waals surface area contributed by atoms with E-state index in [1.54, 1.807) is 6.08 Å². The van der Waals surface area contributed by atoms with E-state index in [1.807, 2.05) is 6.08 Å². The second-order valence-corrected chi connectivity index (χ2v) is 16.1. The Morgan fingerprint density at radius 3 is 2.27 bits per heavy atom. The lowest BCUT2D eigenvalue weighted by Crippen LogP contribution is -2.56. The Hall–Kier alpha value is -2.11. The third-order valence-electron chi connectivity index (χ3n) is 11.1. The molecule has 1 N–H and O–H groups in total. The summed E-state index contributed by atoms with van der Waals surface area (Å²) < 4.78 is 0. The van der Waals surface area contributed by atoms with Gasteiger partial charge in [0.2, 0.25) is 0 Å². The topological polar surface area (TPSA) is 73.2 Å². The number of carbonyl (C=O) groups excluding carboxylic acids is 1. The number of aliphatic carboxylic acids is 1. The summed E-state index contributed by atoms with van der Waals surface area (Å²) in [6.07, 6.45) is 17.4. The number of carboxylic acids is 1. The van der Waals surface area contributed by atoms with Crippen molar-refractivity contribution in [2.45, 2.75) is 137 Å². The number of aliphatic imine (C=N–C) groups is 1. The zero-order valence-electron chi connectivity index (χ0n) is 26.7. The van der Waals surface area contributed by atoms with Crippen LogP contribution < -0.4 is 0 Å². The van der Waals surface area contributed by atoms with E-state index in [9.17, 15) is 14.7 Å². The summed E-state index contributed by atoms with van der Waals surface area (Å²) in [6.45, 7) is 15.8. The Morgan fingerprint density at radius 2 is 1.68 bits per heavy atom. The highest BCUT2D eigenvalue weighted by molar-refractivity contribution is 6.39. The number of hydrogen-bond acceptors (Lipinski definition) is 4. The van der Waals surface area contributed by atoms with Crippen LogP contribution in [-0.4, -0.2) is 57.4 Å². The molecule has 6 heteroatoms. The number of carboxylic acid groups (broad SMARTS) is 1. The number of hydrogen-bond donors (Lipinski definition) is 1. The molecular weight excluding hydrogens is 510 g/mol. The molecule has 41 heavy (non-hydrogen) atoms. The van der Waals surface area contributed by atoms with Gasteiger partial charge in [0, 0.05) is 18.7 Å². The maximum Gasteiger partial charge on any atom is 0.331 e. The highest BCUT2D eigenvalue weighted by Crippen LogP contribution is 2.49. The van der Waals surface area contributed by atoms with Crippen molar-refractivity contribution in [1.82, 2.24) is 9.80 Å². The molecule has 0 aromatic carbocycles. The molecule has 2 heterocycles. The van der Waals surface area contributed by atoms with Crippen molar-refractivity contribution in [1.29, 1.82) is 0 Å². The molecule has 2 saturated carbocycles. The van der Waals surface area contributed by atoms with E-state index in [2.05, 4.69) is 51.3 Å². The molecule has 3 fully saturated rings. The summed E-state index contributed by atoms with van der Waals surface area (Å²) in [5.74, 6) is 2.14. The normalized spacial score (nSPS) is 31.9. The minimum Gasteiger partial charge on any atom is -0.478 e. The number of fused-ring (bicyclic) bond motifs is 1. The minimum atomic E-state index is -0.836. The van der Waals surface area contributed by atoms with E-state index in [1.165, 1.54) is 37.7 Å². The van der Waals surface area contributed by atoms with E-state index in [4.69, 9.17) is 4.99 Å². The Kier molecular flexibility index (Phi) is 8.53. The lowest BCUT2D eigenvalue weighted by molar-refractivity contribution is -0.134. The first kappa shape index (κ1) is 30.4. The number of rotatable bonds is 5. The SMILES string of the molecule is CC(C)(C)CC[C@H](C1=CC=C(C(=O)O)CC1)N1C(=O)C(N2CCC3CCCCC3C2)=NC12CCC(C(C)(C)C)CC2. The van der Waals surface area contributed by atoms with Crippen molar-refractivity contribution >= 4 is 17.7 Å². The van der Waals surface area contributed by atoms with Crippen LogP contribution in [0.2, 0.25) is 0 Å². The Morgan fingerprint density at radius 1 is 1.00 bits per heavy atom. The van der Waals surface area contributed by atoms with Crippen LogP contribution in [0, 0.1) is 28.6 Å². The molecule has 1 amide bonds. The van der Waals surface area contributed by atoms with Crippen LogP contribution in [0.25, 0.3) is 0 Å². The Bertz CT molecular complexity index is 1100. The smallest absolute Gasteiger partial charge is 0.331 e. The molecule has 1 spiro atoms. The van der Waals surface area contributed by atoms with Crippen LogP contribution in [-0.2, 0) is 9.59 Å². The highest BCUT2D eigenvalue weighted by atomic mass is 16.4. The zero-order valence-corrected chi connectivity index (χ0v) is 26.7. The number of amidine groups is 1. The monoisotopic (exact) mass is 565 g/mol. The first-order valence-electron chi connectivity index (χ1n) is 16.6. The van der Waals surface area contributed by atoms with Crippen LogP contribution in [0.5, 0.6) is 0 Å². The second kappa shape index (κ2) is 11.5. The summed E-state index contributed by atoms with van der Waals surface area (Å²) >= 11 is 0. The van der Waals surface area contributed by atoms with E-state index in [0.717, 1.165) is 63.4 Å². The molecule has 2 unspecified atom stereocenters. The van der Waals surface area contributed by atoms with Crippen molar-refractivity contribution in [3.63, 3.8) is 0 Å². The van der Waals surface area contributed by atoms with Crippen LogP contribution in [0.1, 0.15) is 125 Å². The van der Waals surface area contributed by atoms with E-state index >= 15 is 0 Å². The number of nitrogens with zero attached hydrogens (tertiary/aromatic N) is 3. The molecular formula is C35H55N3O3. The average molecular weight is 566 g/mol. The molecule has 2 aliphatic heterocycles.